The molecule has 1 aromatic heterocycles. The van der Waals surface area contributed by atoms with Crippen LogP contribution in [0.3, 0.4) is 0 Å². The van der Waals surface area contributed by atoms with E-state index >= 15 is 0 Å². The molecule has 2 aromatic carbocycles. The Kier molecular flexibility index (Phi) is 6.91. The van der Waals surface area contributed by atoms with Gasteiger partial charge in [0.2, 0.25) is 10.0 Å². The minimum atomic E-state index is -3.70. The molecule has 2 aliphatic heterocycles. The molecule has 1 amide bonds. The lowest BCUT2D eigenvalue weighted by Crippen LogP contribution is -2.47. The number of aryl methyl sites for hydroxylation is 2. The van der Waals surface area contributed by atoms with E-state index in [1.54, 1.807) is 19.1 Å². The van der Waals surface area contributed by atoms with Gasteiger partial charge in [0, 0.05) is 42.9 Å². The van der Waals surface area contributed by atoms with Crippen molar-refractivity contribution < 1.29 is 27.1 Å². The molecule has 1 N–H and O–H groups in total. The first-order valence-electron chi connectivity index (χ1n) is 12.4. The van der Waals surface area contributed by atoms with Crippen LogP contribution in [0.1, 0.15) is 47.9 Å². The highest BCUT2D eigenvalue weighted by molar-refractivity contribution is 7.89. The van der Waals surface area contributed by atoms with Crippen molar-refractivity contribution in [3.8, 4) is 0 Å². The van der Waals surface area contributed by atoms with Crippen LogP contribution in [0.4, 0.5) is 0 Å². The van der Waals surface area contributed by atoms with Crippen molar-refractivity contribution in [1.29, 1.82) is 0 Å². The Morgan fingerprint density at radius 2 is 1.78 bits per heavy atom. The highest BCUT2D eigenvalue weighted by atomic mass is 32.2. The molecule has 0 bridgehead atoms. The van der Waals surface area contributed by atoms with Gasteiger partial charge in [-0.15, -0.1) is 0 Å². The number of carbonyl (C=O) groups excluding carboxylic acids is 1. The largest absolute Gasteiger partial charge is 0.451 e. The van der Waals surface area contributed by atoms with E-state index in [1.165, 1.54) is 15.9 Å². The van der Waals surface area contributed by atoms with Crippen LogP contribution in [-0.4, -0.2) is 56.8 Å². The minimum absolute atomic E-state index is 0.0449. The predicted molar refractivity (Wildman–Crippen MR) is 135 cm³/mol. The van der Waals surface area contributed by atoms with E-state index in [0.29, 0.717) is 55.7 Å². The van der Waals surface area contributed by atoms with Gasteiger partial charge < -0.3 is 19.2 Å². The second-order valence-electron chi connectivity index (χ2n) is 9.62. The number of piperidine rings is 1. The van der Waals surface area contributed by atoms with Gasteiger partial charge in [0.1, 0.15) is 5.58 Å². The van der Waals surface area contributed by atoms with Gasteiger partial charge in [-0.3, -0.25) is 4.79 Å². The summed E-state index contributed by atoms with van der Waals surface area (Å²) in [6.45, 7) is 5.51. The van der Waals surface area contributed by atoms with Crippen LogP contribution in [0.2, 0.25) is 0 Å². The molecule has 192 valence electrons. The molecule has 5 rings (SSSR count). The monoisotopic (exact) mass is 512 g/mol. The van der Waals surface area contributed by atoms with E-state index < -0.39 is 15.8 Å². The Balaban J connectivity index is 1.28. The molecule has 36 heavy (non-hydrogen) atoms. The SMILES string of the molecule is Cc1c(C(=O)NC(C)CCc2ccccc2)oc2ccc(S(=O)(=O)N3CCC4(CC3)OCCO4)cc12. The number of furan rings is 1. The van der Waals surface area contributed by atoms with Crippen LogP contribution in [0, 0.1) is 6.92 Å². The quantitative estimate of drug-likeness (QED) is 0.514. The van der Waals surface area contributed by atoms with Crippen molar-refractivity contribution in [2.24, 2.45) is 0 Å². The first-order valence-corrected chi connectivity index (χ1v) is 13.9. The lowest BCUT2D eigenvalue weighted by atomic mass is 10.1. The maximum atomic E-state index is 13.4. The molecule has 1 unspecified atom stereocenters. The summed E-state index contributed by atoms with van der Waals surface area (Å²) in [5.74, 6) is -0.731. The Hall–Kier alpha value is -2.72. The van der Waals surface area contributed by atoms with Gasteiger partial charge in [-0.2, -0.15) is 4.31 Å². The number of fused-ring (bicyclic) bond motifs is 1. The summed E-state index contributed by atoms with van der Waals surface area (Å²) in [5, 5.41) is 3.63. The third kappa shape index (κ3) is 4.93. The molecule has 1 spiro atoms. The van der Waals surface area contributed by atoms with Gasteiger partial charge in [-0.1, -0.05) is 30.3 Å². The predicted octanol–water partition coefficient (Wildman–Crippen LogP) is 4.02. The molecule has 0 saturated carbocycles. The third-order valence-corrected chi connectivity index (χ3v) is 9.03. The van der Waals surface area contributed by atoms with Crippen molar-refractivity contribution in [1.82, 2.24) is 9.62 Å². The van der Waals surface area contributed by atoms with Crippen molar-refractivity contribution >= 4 is 26.9 Å². The van der Waals surface area contributed by atoms with Crippen molar-refractivity contribution in [3.63, 3.8) is 0 Å². The van der Waals surface area contributed by atoms with Gasteiger partial charge in [-0.25, -0.2) is 8.42 Å². The fourth-order valence-corrected chi connectivity index (χ4v) is 6.44. The third-order valence-electron chi connectivity index (χ3n) is 7.14. The van der Waals surface area contributed by atoms with Crippen LogP contribution in [0.5, 0.6) is 0 Å². The minimum Gasteiger partial charge on any atom is -0.451 e. The molecule has 2 saturated heterocycles. The Morgan fingerprint density at radius 1 is 1.08 bits per heavy atom. The van der Waals surface area contributed by atoms with Crippen LogP contribution in [0.15, 0.2) is 57.8 Å². The molecule has 3 aromatic rings. The topological polar surface area (TPSA) is 98.1 Å². The summed E-state index contributed by atoms with van der Waals surface area (Å²) in [6.07, 6.45) is 2.67. The molecule has 1 atom stereocenters. The number of ether oxygens (including phenoxy) is 2. The smallest absolute Gasteiger partial charge is 0.287 e. The maximum absolute atomic E-state index is 13.4. The number of nitrogens with one attached hydrogen (secondary N) is 1. The van der Waals surface area contributed by atoms with Crippen molar-refractivity contribution in [3.05, 3.63) is 65.4 Å². The van der Waals surface area contributed by atoms with E-state index in [0.717, 1.165) is 12.8 Å². The molecular formula is C27H32N2O6S. The molecule has 0 aliphatic carbocycles. The number of sulfonamides is 1. The van der Waals surface area contributed by atoms with Crippen molar-refractivity contribution in [2.75, 3.05) is 26.3 Å². The van der Waals surface area contributed by atoms with Gasteiger partial charge in [-0.05, 0) is 50.5 Å². The zero-order valence-corrected chi connectivity index (χ0v) is 21.5. The summed E-state index contributed by atoms with van der Waals surface area (Å²) in [4.78, 5) is 13.1. The number of rotatable bonds is 7. The standard InChI is InChI=1S/C27H32N2O6S/c1-19(8-9-21-6-4-3-5-7-21)28-26(30)25-20(2)23-18-22(10-11-24(23)35-25)36(31,32)29-14-12-27(13-15-29)33-16-17-34-27/h3-7,10-11,18-19H,8-9,12-17H2,1-2H3,(H,28,30). The molecule has 9 heteroatoms. The number of carbonyl (C=O) groups is 1. The van der Waals surface area contributed by atoms with E-state index in [2.05, 4.69) is 17.4 Å². The summed E-state index contributed by atoms with van der Waals surface area (Å²) >= 11 is 0. The fraction of sp³-hybridized carbons (Fsp3) is 0.444. The number of benzene rings is 2. The number of amides is 1. The maximum Gasteiger partial charge on any atom is 0.287 e. The van der Waals surface area contributed by atoms with E-state index in [9.17, 15) is 13.2 Å². The lowest BCUT2D eigenvalue weighted by molar-refractivity contribution is -0.179. The highest BCUT2D eigenvalue weighted by Crippen LogP contribution is 2.34. The van der Waals surface area contributed by atoms with Crippen molar-refractivity contribution in [2.45, 2.75) is 56.3 Å². The van der Waals surface area contributed by atoms with Gasteiger partial charge in [0.05, 0.1) is 18.1 Å². The number of hydrogen-bond acceptors (Lipinski definition) is 6. The fourth-order valence-electron chi connectivity index (χ4n) is 4.97. The molecule has 2 aliphatic rings. The normalized spacial score (nSPS) is 19.1. The second-order valence-corrected chi connectivity index (χ2v) is 11.6. The molecular weight excluding hydrogens is 480 g/mol. The zero-order valence-electron chi connectivity index (χ0n) is 20.7. The number of hydrogen-bond donors (Lipinski definition) is 1. The van der Waals surface area contributed by atoms with Crippen LogP contribution in [0.25, 0.3) is 11.0 Å². The average molecular weight is 513 g/mol. The Bertz CT molecular complexity index is 1340. The van der Waals surface area contributed by atoms with E-state index in [1.807, 2.05) is 25.1 Å². The Morgan fingerprint density at radius 3 is 2.47 bits per heavy atom. The molecule has 8 nitrogen and oxygen atoms in total. The van der Waals surface area contributed by atoms with Gasteiger partial charge in [0.15, 0.2) is 11.5 Å². The van der Waals surface area contributed by atoms with Gasteiger partial charge in [0.25, 0.3) is 5.91 Å². The highest BCUT2D eigenvalue weighted by Gasteiger charge is 2.42. The summed E-state index contributed by atoms with van der Waals surface area (Å²) in [5.41, 5.74) is 2.33. The molecule has 0 radical (unpaired) electrons. The average Bonchev–Trinajstić information content (AvgIpc) is 3.47. The first kappa shape index (κ1) is 25.0. The first-order chi connectivity index (χ1) is 17.3. The Labute approximate surface area is 211 Å². The number of nitrogens with zero attached hydrogens (tertiary/aromatic N) is 1. The van der Waals surface area contributed by atoms with E-state index in [4.69, 9.17) is 13.9 Å². The van der Waals surface area contributed by atoms with Crippen LogP contribution in [-0.2, 0) is 25.9 Å². The zero-order chi connectivity index (χ0) is 25.3. The lowest BCUT2D eigenvalue weighted by Gasteiger charge is -2.36. The summed E-state index contributed by atoms with van der Waals surface area (Å²) in [6, 6.07) is 14.9. The summed E-state index contributed by atoms with van der Waals surface area (Å²) < 4.78 is 45.5. The molecule has 3 heterocycles. The summed E-state index contributed by atoms with van der Waals surface area (Å²) in [7, 11) is -3.70. The van der Waals surface area contributed by atoms with Gasteiger partial charge >= 0.3 is 0 Å². The van der Waals surface area contributed by atoms with E-state index in [-0.39, 0.29) is 22.6 Å². The second kappa shape index (κ2) is 9.97. The molecule has 2 fully saturated rings. The van der Waals surface area contributed by atoms with Crippen LogP contribution < -0.4 is 5.32 Å². The van der Waals surface area contributed by atoms with Crippen LogP contribution >= 0.6 is 0 Å².